The molecule has 0 aliphatic rings. The predicted octanol–water partition coefficient (Wildman–Crippen LogP) is 4.45. The second kappa shape index (κ2) is 6.47. The molecule has 0 radical (unpaired) electrons. The van der Waals surface area contributed by atoms with Crippen molar-refractivity contribution in [3.8, 4) is 12.3 Å². The molecular weight excluding hydrogens is 212 g/mol. The summed E-state index contributed by atoms with van der Waals surface area (Å²) in [7, 11) is -1.52. The lowest BCUT2D eigenvalue weighted by Gasteiger charge is -2.38. The van der Waals surface area contributed by atoms with Gasteiger partial charge in [-0.3, -0.25) is 0 Å². The second-order valence-electron chi connectivity index (χ2n) is 5.62. The normalized spacial score (nSPS) is 14.6. The summed E-state index contributed by atoms with van der Waals surface area (Å²) >= 11 is 0. The molecule has 1 unspecified atom stereocenters. The minimum Gasteiger partial charge on any atom is -0.412 e. The van der Waals surface area contributed by atoms with E-state index in [1.165, 1.54) is 18.1 Å². The maximum Gasteiger partial charge on any atom is 0.192 e. The zero-order valence-corrected chi connectivity index (χ0v) is 12.9. The van der Waals surface area contributed by atoms with Crippen molar-refractivity contribution in [2.75, 3.05) is 0 Å². The summed E-state index contributed by atoms with van der Waals surface area (Å²) in [5.41, 5.74) is 0.143. The first-order chi connectivity index (χ1) is 7.35. The molecule has 0 heterocycles. The maximum absolute atomic E-state index is 6.49. The quantitative estimate of drug-likeness (QED) is 0.492. The Kier molecular flexibility index (Phi) is 6.36. The Labute approximate surface area is 103 Å². The van der Waals surface area contributed by atoms with Crippen molar-refractivity contribution in [3.63, 3.8) is 0 Å². The van der Waals surface area contributed by atoms with Crippen LogP contribution < -0.4 is 0 Å². The van der Waals surface area contributed by atoms with Gasteiger partial charge in [-0.25, -0.2) is 0 Å². The van der Waals surface area contributed by atoms with E-state index in [0.29, 0.717) is 0 Å². The van der Waals surface area contributed by atoms with Gasteiger partial charge in [0.2, 0.25) is 0 Å². The van der Waals surface area contributed by atoms with E-state index < -0.39 is 8.32 Å². The molecule has 0 spiro atoms. The van der Waals surface area contributed by atoms with Gasteiger partial charge in [-0.2, -0.15) is 0 Å². The maximum atomic E-state index is 6.49. The molecule has 0 saturated carbocycles. The molecule has 0 aromatic heterocycles. The van der Waals surface area contributed by atoms with Crippen LogP contribution in [0.4, 0.5) is 0 Å². The summed E-state index contributed by atoms with van der Waals surface area (Å²) in [6.07, 6.45) is 6.40. The lowest BCUT2D eigenvalue weighted by Crippen LogP contribution is -2.44. The van der Waals surface area contributed by atoms with Crippen LogP contribution in [0.2, 0.25) is 18.1 Å². The van der Waals surface area contributed by atoms with Gasteiger partial charge < -0.3 is 4.43 Å². The molecule has 1 nitrogen and oxygen atoms in total. The van der Waals surface area contributed by atoms with Gasteiger partial charge >= 0.3 is 0 Å². The van der Waals surface area contributed by atoms with Crippen molar-refractivity contribution in [2.24, 2.45) is 5.41 Å². The van der Waals surface area contributed by atoms with Gasteiger partial charge in [0.25, 0.3) is 0 Å². The fourth-order valence-corrected chi connectivity index (χ4v) is 4.97. The Morgan fingerprint density at radius 3 is 1.81 bits per heavy atom. The van der Waals surface area contributed by atoms with Gasteiger partial charge in [-0.1, -0.05) is 41.5 Å². The van der Waals surface area contributed by atoms with E-state index in [4.69, 9.17) is 10.8 Å². The summed E-state index contributed by atoms with van der Waals surface area (Å²) in [5.74, 6) is 2.77. The third kappa shape index (κ3) is 4.31. The highest BCUT2D eigenvalue weighted by molar-refractivity contribution is 6.73. The Balaban J connectivity index is 4.79. The van der Waals surface area contributed by atoms with Crippen molar-refractivity contribution < 1.29 is 4.43 Å². The van der Waals surface area contributed by atoms with Crippen LogP contribution >= 0.6 is 0 Å². The van der Waals surface area contributed by atoms with Gasteiger partial charge in [0.1, 0.15) is 0 Å². The summed E-state index contributed by atoms with van der Waals surface area (Å²) in [6.45, 7) is 13.4. The van der Waals surface area contributed by atoms with Gasteiger partial charge in [0.15, 0.2) is 8.32 Å². The largest absolute Gasteiger partial charge is 0.412 e. The minimum absolute atomic E-state index is 0.143. The van der Waals surface area contributed by atoms with E-state index >= 15 is 0 Å². The van der Waals surface area contributed by atoms with E-state index in [1.54, 1.807) is 0 Å². The molecule has 0 amide bonds. The zero-order valence-electron chi connectivity index (χ0n) is 11.9. The van der Waals surface area contributed by atoms with Crippen molar-refractivity contribution in [1.82, 2.24) is 0 Å². The number of rotatable bonds is 6. The van der Waals surface area contributed by atoms with Crippen LogP contribution in [0.25, 0.3) is 0 Å². The summed E-state index contributed by atoms with van der Waals surface area (Å²) in [6, 6.07) is 3.57. The van der Waals surface area contributed by atoms with Crippen LogP contribution in [0, 0.1) is 17.8 Å². The first kappa shape index (κ1) is 15.7. The standard InChI is InChI=1S/C14H28OSi/c1-8-12-13(14(5,6)7)15-16(9-2,10-3)11-4/h1,13H,9-12H2,2-7H3. The fraction of sp³-hybridized carbons (Fsp3) is 0.857. The topological polar surface area (TPSA) is 9.23 Å². The van der Waals surface area contributed by atoms with Crippen LogP contribution in [-0.4, -0.2) is 14.4 Å². The number of hydrogen-bond donors (Lipinski definition) is 0. The van der Waals surface area contributed by atoms with Crippen molar-refractivity contribution in [2.45, 2.75) is 72.2 Å². The van der Waals surface area contributed by atoms with E-state index in [-0.39, 0.29) is 11.5 Å². The highest BCUT2D eigenvalue weighted by atomic mass is 28.4. The van der Waals surface area contributed by atoms with E-state index in [2.05, 4.69) is 47.5 Å². The van der Waals surface area contributed by atoms with E-state index in [1.807, 2.05) is 0 Å². The van der Waals surface area contributed by atoms with E-state index in [0.717, 1.165) is 6.42 Å². The number of terminal acetylenes is 1. The van der Waals surface area contributed by atoms with Gasteiger partial charge in [0, 0.05) is 6.42 Å². The van der Waals surface area contributed by atoms with Crippen LogP contribution in [0.1, 0.15) is 48.0 Å². The van der Waals surface area contributed by atoms with Gasteiger partial charge in [-0.15, -0.1) is 12.3 Å². The first-order valence-corrected chi connectivity index (χ1v) is 8.99. The van der Waals surface area contributed by atoms with Crippen LogP contribution in [0.15, 0.2) is 0 Å². The summed E-state index contributed by atoms with van der Waals surface area (Å²) in [5, 5.41) is 0. The molecule has 2 heteroatoms. The van der Waals surface area contributed by atoms with Gasteiger partial charge in [0.05, 0.1) is 6.10 Å². The fourth-order valence-electron chi connectivity index (χ4n) is 1.93. The SMILES string of the molecule is C#CCC(O[Si](CC)(CC)CC)C(C)(C)C. The van der Waals surface area contributed by atoms with Crippen molar-refractivity contribution >= 4 is 8.32 Å². The molecule has 16 heavy (non-hydrogen) atoms. The highest BCUT2D eigenvalue weighted by Crippen LogP contribution is 2.32. The molecule has 0 aromatic carbocycles. The minimum atomic E-state index is -1.52. The lowest BCUT2D eigenvalue weighted by atomic mass is 9.87. The molecule has 0 saturated heterocycles. The summed E-state index contributed by atoms with van der Waals surface area (Å²) in [4.78, 5) is 0. The van der Waals surface area contributed by atoms with Crippen LogP contribution in [-0.2, 0) is 4.43 Å². The molecule has 0 aliphatic heterocycles. The molecular formula is C14H28OSi. The molecule has 0 rings (SSSR count). The third-order valence-electron chi connectivity index (χ3n) is 3.59. The Morgan fingerprint density at radius 1 is 1.12 bits per heavy atom. The molecule has 0 N–H and O–H groups in total. The smallest absolute Gasteiger partial charge is 0.192 e. The molecule has 1 atom stereocenters. The van der Waals surface area contributed by atoms with Crippen LogP contribution in [0.5, 0.6) is 0 Å². The molecule has 0 aliphatic carbocycles. The molecule has 94 valence electrons. The Morgan fingerprint density at radius 2 is 1.56 bits per heavy atom. The first-order valence-electron chi connectivity index (χ1n) is 6.46. The average molecular weight is 240 g/mol. The van der Waals surface area contributed by atoms with Crippen molar-refractivity contribution in [1.29, 1.82) is 0 Å². The second-order valence-corrected chi connectivity index (χ2v) is 10.3. The third-order valence-corrected chi connectivity index (χ3v) is 8.24. The molecule has 0 fully saturated rings. The highest BCUT2D eigenvalue weighted by Gasteiger charge is 2.35. The average Bonchev–Trinajstić information content (AvgIpc) is 2.23. The van der Waals surface area contributed by atoms with E-state index in [9.17, 15) is 0 Å². The molecule has 0 aromatic rings. The van der Waals surface area contributed by atoms with Crippen molar-refractivity contribution in [3.05, 3.63) is 0 Å². The van der Waals surface area contributed by atoms with Gasteiger partial charge in [-0.05, 0) is 23.5 Å². The summed E-state index contributed by atoms with van der Waals surface area (Å²) < 4.78 is 6.49. The predicted molar refractivity (Wildman–Crippen MR) is 75.0 cm³/mol. The molecule has 0 bridgehead atoms. The van der Waals surface area contributed by atoms with Crippen LogP contribution in [0.3, 0.4) is 0 Å². The Bertz CT molecular complexity index is 222. The monoisotopic (exact) mass is 240 g/mol. The number of hydrogen-bond acceptors (Lipinski definition) is 1. The Hall–Kier alpha value is -0.263. The zero-order chi connectivity index (χ0) is 12.8. The lowest BCUT2D eigenvalue weighted by molar-refractivity contribution is 0.0801.